The van der Waals surface area contributed by atoms with Gasteiger partial charge in [0, 0.05) is 13.6 Å². The molecule has 0 saturated carbocycles. The quantitative estimate of drug-likeness (QED) is 0.738. The molecule has 1 nitrogen and oxygen atoms in total. The first-order valence-electron chi connectivity index (χ1n) is 4.96. The Hall–Kier alpha value is -0.460. The molecule has 0 fully saturated rings. The van der Waals surface area contributed by atoms with Crippen molar-refractivity contribution in [1.29, 1.82) is 0 Å². The van der Waals surface area contributed by atoms with Gasteiger partial charge in [0.15, 0.2) is 0 Å². The van der Waals surface area contributed by atoms with Crippen LogP contribution in [0.2, 0.25) is 0 Å². The number of halogens is 3. The van der Waals surface area contributed by atoms with Gasteiger partial charge in [-0.1, -0.05) is 28.1 Å². The first-order chi connectivity index (χ1) is 8.08. The monoisotopic (exact) mass is 406 g/mol. The van der Waals surface area contributed by atoms with E-state index < -0.39 is 11.9 Å². The highest BCUT2D eigenvalue weighted by Gasteiger charge is 2.15. The van der Waals surface area contributed by atoms with Crippen molar-refractivity contribution < 1.29 is 9.50 Å². The molecule has 1 unspecified atom stereocenters. The van der Waals surface area contributed by atoms with E-state index in [4.69, 9.17) is 0 Å². The lowest BCUT2D eigenvalue weighted by Crippen LogP contribution is -2.02. The van der Waals surface area contributed by atoms with Crippen molar-refractivity contribution >= 4 is 38.5 Å². The first kappa shape index (κ1) is 13.0. The topological polar surface area (TPSA) is 20.2 Å². The van der Waals surface area contributed by atoms with Crippen molar-refractivity contribution in [2.75, 3.05) is 0 Å². The van der Waals surface area contributed by atoms with Crippen LogP contribution in [0.4, 0.5) is 4.39 Å². The molecule has 1 atom stereocenters. The van der Waals surface area contributed by atoms with Crippen LogP contribution in [0.1, 0.15) is 17.2 Å². The standard InChI is InChI=1S/C13H9BrFIO/c14-9-3-6-12(15)11(7-9)13(17)8-1-4-10(16)5-2-8/h1-7,13,17H. The average molecular weight is 407 g/mol. The van der Waals surface area contributed by atoms with Crippen LogP contribution < -0.4 is 0 Å². The molecule has 0 aliphatic heterocycles. The Morgan fingerprint density at radius 1 is 1.12 bits per heavy atom. The van der Waals surface area contributed by atoms with Gasteiger partial charge in [-0.05, 0) is 58.5 Å². The summed E-state index contributed by atoms with van der Waals surface area (Å²) in [5.41, 5.74) is 0.961. The second-order valence-electron chi connectivity index (χ2n) is 3.62. The molecule has 0 radical (unpaired) electrons. The van der Waals surface area contributed by atoms with E-state index in [2.05, 4.69) is 38.5 Å². The first-order valence-corrected chi connectivity index (χ1v) is 6.83. The van der Waals surface area contributed by atoms with E-state index >= 15 is 0 Å². The Morgan fingerprint density at radius 3 is 2.41 bits per heavy atom. The molecular formula is C13H9BrFIO. The number of aliphatic hydroxyl groups is 1. The Morgan fingerprint density at radius 2 is 1.76 bits per heavy atom. The van der Waals surface area contributed by atoms with E-state index in [1.54, 1.807) is 24.3 Å². The van der Waals surface area contributed by atoms with Crippen molar-refractivity contribution in [3.63, 3.8) is 0 Å². The molecule has 0 aliphatic rings. The predicted octanol–water partition coefficient (Wildman–Crippen LogP) is 4.27. The smallest absolute Gasteiger partial charge is 0.129 e. The van der Waals surface area contributed by atoms with E-state index in [1.807, 2.05) is 12.1 Å². The molecule has 0 heterocycles. The normalized spacial score (nSPS) is 12.5. The van der Waals surface area contributed by atoms with Crippen molar-refractivity contribution in [1.82, 2.24) is 0 Å². The summed E-state index contributed by atoms with van der Waals surface area (Å²) >= 11 is 5.45. The van der Waals surface area contributed by atoms with Gasteiger partial charge in [0.05, 0.1) is 0 Å². The Kier molecular flexibility index (Phi) is 4.17. The van der Waals surface area contributed by atoms with Crippen LogP contribution in [-0.2, 0) is 0 Å². The van der Waals surface area contributed by atoms with Crippen molar-refractivity contribution in [3.05, 3.63) is 67.5 Å². The van der Waals surface area contributed by atoms with E-state index in [0.717, 1.165) is 8.04 Å². The van der Waals surface area contributed by atoms with Crippen LogP contribution in [0.15, 0.2) is 46.9 Å². The maximum Gasteiger partial charge on any atom is 0.129 e. The third kappa shape index (κ3) is 3.05. The van der Waals surface area contributed by atoms with Crippen LogP contribution in [0, 0.1) is 9.39 Å². The van der Waals surface area contributed by atoms with Gasteiger partial charge in [-0.25, -0.2) is 4.39 Å². The van der Waals surface area contributed by atoms with Gasteiger partial charge in [-0.15, -0.1) is 0 Å². The summed E-state index contributed by atoms with van der Waals surface area (Å²) in [6.07, 6.45) is -0.940. The third-order valence-corrected chi connectivity index (χ3v) is 3.65. The zero-order chi connectivity index (χ0) is 12.4. The lowest BCUT2D eigenvalue weighted by molar-refractivity contribution is 0.215. The summed E-state index contributed by atoms with van der Waals surface area (Å²) in [6, 6.07) is 11.9. The molecule has 0 amide bonds. The molecule has 0 aliphatic carbocycles. The molecule has 88 valence electrons. The van der Waals surface area contributed by atoms with Gasteiger partial charge in [0.25, 0.3) is 0 Å². The van der Waals surface area contributed by atoms with E-state index in [-0.39, 0.29) is 5.56 Å². The number of rotatable bonds is 2. The molecular weight excluding hydrogens is 398 g/mol. The Bertz CT molecular complexity index is 527. The summed E-state index contributed by atoms with van der Waals surface area (Å²) < 4.78 is 15.4. The zero-order valence-corrected chi connectivity index (χ0v) is 12.4. The zero-order valence-electron chi connectivity index (χ0n) is 8.70. The molecule has 2 aromatic rings. The predicted molar refractivity (Wildman–Crippen MR) is 77.3 cm³/mol. The largest absolute Gasteiger partial charge is 0.384 e. The highest BCUT2D eigenvalue weighted by molar-refractivity contribution is 14.1. The molecule has 4 heteroatoms. The lowest BCUT2D eigenvalue weighted by atomic mass is 10.0. The van der Waals surface area contributed by atoms with E-state index in [0.29, 0.717) is 5.56 Å². The number of benzene rings is 2. The fourth-order valence-corrected chi connectivity index (χ4v) is 2.29. The molecule has 0 saturated heterocycles. The van der Waals surface area contributed by atoms with Crippen LogP contribution in [0.5, 0.6) is 0 Å². The Labute approximate surface area is 121 Å². The molecule has 0 spiro atoms. The SMILES string of the molecule is OC(c1ccc(I)cc1)c1cc(Br)ccc1F. The summed E-state index contributed by atoms with van der Waals surface area (Å²) in [4.78, 5) is 0. The third-order valence-electron chi connectivity index (χ3n) is 2.44. The van der Waals surface area contributed by atoms with Crippen LogP contribution in [0.25, 0.3) is 0 Å². The van der Waals surface area contributed by atoms with Gasteiger partial charge in [0.2, 0.25) is 0 Å². The van der Waals surface area contributed by atoms with Crippen molar-refractivity contribution in [2.45, 2.75) is 6.10 Å². The van der Waals surface area contributed by atoms with Gasteiger partial charge >= 0.3 is 0 Å². The van der Waals surface area contributed by atoms with Gasteiger partial charge < -0.3 is 5.11 Å². The second kappa shape index (κ2) is 5.46. The fourth-order valence-electron chi connectivity index (χ4n) is 1.55. The molecule has 0 bridgehead atoms. The van der Waals surface area contributed by atoms with E-state index in [1.165, 1.54) is 6.07 Å². The van der Waals surface area contributed by atoms with E-state index in [9.17, 15) is 9.50 Å². The van der Waals surface area contributed by atoms with Crippen molar-refractivity contribution in [2.24, 2.45) is 0 Å². The van der Waals surface area contributed by atoms with Crippen LogP contribution in [0.3, 0.4) is 0 Å². The fraction of sp³-hybridized carbons (Fsp3) is 0.0769. The maximum atomic E-state index is 13.6. The lowest BCUT2D eigenvalue weighted by Gasteiger charge is -2.12. The van der Waals surface area contributed by atoms with Crippen LogP contribution >= 0.6 is 38.5 Å². The highest BCUT2D eigenvalue weighted by Crippen LogP contribution is 2.27. The van der Waals surface area contributed by atoms with Gasteiger partial charge in [-0.2, -0.15) is 0 Å². The molecule has 2 rings (SSSR count). The number of hydrogen-bond acceptors (Lipinski definition) is 1. The van der Waals surface area contributed by atoms with Crippen molar-refractivity contribution in [3.8, 4) is 0 Å². The minimum Gasteiger partial charge on any atom is -0.384 e. The van der Waals surface area contributed by atoms with Gasteiger partial charge in [-0.3, -0.25) is 0 Å². The number of hydrogen-bond donors (Lipinski definition) is 1. The minimum atomic E-state index is -0.940. The molecule has 17 heavy (non-hydrogen) atoms. The summed E-state index contributed by atoms with van der Waals surface area (Å²) in [5.74, 6) is -0.403. The summed E-state index contributed by atoms with van der Waals surface area (Å²) in [5, 5.41) is 10.1. The maximum absolute atomic E-state index is 13.6. The second-order valence-corrected chi connectivity index (χ2v) is 5.78. The average Bonchev–Trinajstić information content (AvgIpc) is 2.32. The molecule has 2 aromatic carbocycles. The van der Waals surface area contributed by atoms with Gasteiger partial charge in [0.1, 0.15) is 11.9 Å². The molecule has 1 N–H and O–H groups in total. The molecule has 0 aromatic heterocycles. The summed E-state index contributed by atoms with van der Waals surface area (Å²) in [7, 11) is 0. The summed E-state index contributed by atoms with van der Waals surface area (Å²) in [6.45, 7) is 0. The number of aliphatic hydroxyl groups excluding tert-OH is 1. The Balaban J connectivity index is 2.39. The highest BCUT2D eigenvalue weighted by atomic mass is 127. The minimum absolute atomic E-state index is 0.278. The van der Waals surface area contributed by atoms with Crippen LogP contribution in [-0.4, -0.2) is 5.11 Å².